The summed E-state index contributed by atoms with van der Waals surface area (Å²) >= 11 is 5.97. The zero-order valence-electron chi connectivity index (χ0n) is 19.1. The molecule has 1 aliphatic heterocycles. The predicted octanol–water partition coefficient (Wildman–Crippen LogP) is 4.41. The highest BCUT2D eigenvalue weighted by atomic mass is 35.5. The van der Waals surface area contributed by atoms with Crippen molar-refractivity contribution in [3.8, 4) is 5.75 Å². The Morgan fingerprint density at radius 3 is 2.30 bits per heavy atom. The quantitative estimate of drug-likeness (QED) is 0.353. The minimum atomic E-state index is -0.816. The van der Waals surface area contributed by atoms with Crippen molar-refractivity contribution in [1.29, 1.82) is 0 Å². The van der Waals surface area contributed by atoms with Crippen molar-refractivity contribution in [3.05, 3.63) is 64.7 Å². The summed E-state index contributed by atoms with van der Waals surface area (Å²) in [6.45, 7) is 2.56. The topological polar surface area (TPSA) is 78.9 Å². The third-order valence-corrected chi connectivity index (χ3v) is 6.31. The SMILES string of the molecule is COc1ccc(C(=O)CCCCC(=O)NC(CN2CCCC2)C(O)c2ccc(Cl)cc2)cc1. The van der Waals surface area contributed by atoms with Crippen LogP contribution in [0.4, 0.5) is 0 Å². The number of nitrogens with zero attached hydrogens (tertiary/aromatic N) is 1. The fourth-order valence-electron chi connectivity index (χ4n) is 4.13. The number of hydrogen-bond donors (Lipinski definition) is 2. The van der Waals surface area contributed by atoms with Gasteiger partial charge in [-0.1, -0.05) is 23.7 Å². The number of ether oxygens (including phenoxy) is 1. The second-order valence-electron chi connectivity index (χ2n) is 8.54. The van der Waals surface area contributed by atoms with Crippen molar-refractivity contribution >= 4 is 23.3 Å². The lowest BCUT2D eigenvalue weighted by atomic mass is 10.0. The first-order valence-corrected chi connectivity index (χ1v) is 12.0. The fourth-order valence-corrected chi connectivity index (χ4v) is 4.26. The molecule has 6 nitrogen and oxygen atoms in total. The zero-order valence-corrected chi connectivity index (χ0v) is 19.9. The molecule has 2 aromatic rings. The Morgan fingerprint density at radius 1 is 1.03 bits per heavy atom. The van der Waals surface area contributed by atoms with Crippen LogP contribution in [0.5, 0.6) is 5.75 Å². The lowest BCUT2D eigenvalue weighted by molar-refractivity contribution is -0.123. The van der Waals surface area contributed by atoms with Gasteiger partial charge in [0.2, 0.25) is 5.91 Å². The number of nitrogens with one attached hydrogen (secondary N) is 1. The van der Waals surface area contributed by atoms with Crippen molar-refractivity contribution in [2.45, 2.75) is 50.7 Å². The van der Waals surface area contributed by atoms with Gasteiger partial charge in [0.25, 0.3) is 0 Å². The van der Waals surface area contributed by atoms with Gasteiger partial charge in [0.15, 0.2) is 5.78 Å². The van der Waals surface area contributed by atoms with E-state index in [1.165, 1.54) is 0 Å². The van der Waals surface area contributed by atoms with Crippen molar-refractivity contribution in [2.24, 2.45) is 0 Å². The molecule has 2 N–H and O–H groups in total. The van der Waals surface area contributed by atoms with E-state index in [1.807, 2.05) is 0 Å². The smallest absolute Gasteiger partial charge is 0.220 e. The number of hydrogen-bond acceptors (Lipinski definition) is 5. The Morgan fingerprint density at radius 2 is 1.67 bits per heavy atom. The number of carbonyl (C=O) groups excluding carboxylic acids is 2. The Labute approximate surface area is 200 Å². The summed E-state index contributed by atoms with van der Waals surface area (Å²) in [6, 6.07) is 13.7. The van der Waals surface area contributed by atoms with Gasteiger partial charge in [0.1, 0.15) is 11.9 Å². The van der Waals surface area contributed by atoms with E-state index in [9.17, 15) is 14.7 Å². The van der Waals surface area contributed by atoms with E-state index >= 15 is 0 Å². The number of ketones is 1. The zero-order chi connectivity index (χ0) is 23.6. The monoisotopic (exact) mass is 472 g/mol. The molecule has 0 saturated carbocycles. The molecule has 1 fully saturated rings. The van der Waals surface area contributed by atoms with Gasteiger partial charge in [-0.15, -0.1) is 0 Å². The van der Waals surface area contributed by atoms with Gasteiger partial charge in [-0.2, -0.15) is 0 Å². The number of Topliss-reactive ketones (excluding diaryl/α,β-unsaturated/α-hetero) is 1. The van der Waals surface area contributed by atoms with E-state index in [2.05, 4.69) is 10.2 Å². The van der Waals surface area contributed by atoms with Gasteiger partial charge in [0, 0.05) is 30.0 Å². The first-order chi connectivity index (χ1) is 16.0. The predicted molar refractivity (Wildman–Crippen MR) is 130 cm³/mol. The number of rotatable bonds is 12. The number of unbranched alkanes of at least 4 members (excludes halogenated alkanes) is 1. The fraction of sp³-hybridized carbons (Fsp3) is 0.462. The van der Waals surface area contributed by atoms with E-state index < -0.39 is 12.1 Å². The van der Waals surface area contributed by atoms with Gasteiger partial charge < -0.3 is 20.1 Å². The molecule has 3 rings (SSSR count). The van der Waals surface area contributed by atoms with Crippen LogP contribution in [0.25, 0.3) is 0 Å². The third kappa shape index (κ3) is 7.84. The van der Waals surface area contributed by atoms with Crippen LogP contribution in [0.3, 0.4) is 0 Å². The van der Waals surface area contributed by atoms with Crippen molar-refractivity contribution < 1.29 is 19.4 Å². The number of halogens is 1. The minimum Gasteiger partial charge on any atom is -0.497 e. The number of carbonyl (C=O) groups is 2. The summed E-state index contributed by atoms with van der Waals surface area (Å²) in [5.41, 5.74) is 1.38. The van der Waals surface area contributed by atoms with E-state index in [0.717, 1.165) is 31.5 Å². The van der Waals surface area contributed by atoms with Crippen LogP contribution in [0.1, 0.15) is 60.6 Å². The molecule has 178 valence electrons. The lowest BCUT2D eigenvalue weighted by Crippen LogP contribution is -2.46. The third-order valence-electron chi connectivity index (χ3n) is 6.06. The highest BCUT2D eigenvalue weighted by molar-refractivity contribution is 6.30. The molecule has 1 aliphatic rings. The highest BCUT2D eigenvalue weighted by Gasteiger charge is 2.26. The molecule has 0 bridgehead atoms. The van der Waals surface area contributed by atoms with Crippen molar-refractivity contribution in [2.75, 3.05) is 26.7 Å². The molecule has 1 saturated heterocycles. The number of benzene rings is 2. The van der Waals surface area contributed by atoms with Crippen LogP contribution in [0, 0.1) is 0 Å². The molecule has 1 amide bonds. The van der Waals surface area contributed by atoms with Crippen molar-refractivity contribution in [1.82, 2.24) is 10.2 Å². The normalized spacial score (nSPS) is 15.7. The average Bonchev–Trinajstić information content (AvgIpc) is 3.34. The molecule has 2 unspecified atom stereocenters. The van der Waals surface area contributed by atoms with Crippen LogP contribution in [-0.4, -0.2) is 54.5 Å². The molecular weight excluding hydrogens is 440 g/mol. The number of amides is 1. The Balaban J connectivity index is 1.48. The molecule has 2 aromatic carbocycles. The van der Waals surface area contributed by atoms with E-state index in [-0.39, 0.29) is 11.7 Å². The summed E-state index contributed by atoms with van der Waals surface area (Å²) in [5, 5.41) is 14.6. The van der Waals surface area contributed by atoms with Crippen LogP contribution in [0.2, 0.25) is 5.02 Å². The summed E-state index contributed by atoms with van der Waals surface area (Å²) in [6.07, 6.45) is 3.42. The summed E-state index contributed by atoms with van der Waals surface area (Å²) < 4.78 is 5.11. The van der Waals surface area contributed by atoms with Crippen LogP contribution in [-0.2, 0) is 4.79 Å². The van der Waals surface area contributed by atoms with E-state index in [1.54, 1.807) is 55.6 Å². The van der Waals surface area contributed by atoms with Gasteiger partial charge in [-0.05, 0) is 80.7 Å². The van der Waals surface area contributed by atoms with Crippen LogP contribution in [0.15, 0.2) is 48.5 Å². The first kappa shape index (κ1) is 25.2. The Hall–Kier alpha value is -2.41. The number of aliphatic hydroxyl groups is 1. The van der Waals surface area contributed by atoms with Gasteiger partial charge in [-0.3, -0.25) is 9.59 Å². The number of methoxy groups -OCH3 is 1. The van der Waals surface area contributed by atoms with Gasteiger partial charge in [0.05, 0.1) is 13.2 Å². The molecule has 1 heterocycles. The summed E-state index contributed by atoms with van der Waals surface area (Å²) in [5.74, 6) is 0.666. The largest absolute Gasteiger partial charge is 0.497 e. The molecule has 0 aromatic heterocycles. The van der Waals surface area contributed by atoms with Crippen LogP contribution >= 0.6 is 11.6 Å². The van der Waals surface area contributed by atoms with Crippen LogP contribution < -0.4 is 10.1 Å². The maximum atomic E-state index is 12.6. The molecule has 0 aliphatic carbocycles. The average molecular weight is 473 g/mol. The Kier molecular flexibility index (Phi) is 9.73. The lowest BCUT2D eigenvalue weighted by Gasteiger charge is -2.29. The molecular formula is C26H33ClN2O4. The van der Waals surface area contributed by atoms with Crippen molar-refractivity contribution in [3.63, 3.8) is 0 Å². The van der Waals surface area contributed by atoms with Gasteiger partial charge in [-0.25, -0.2) is 0 Å². The van der Waals surface area contributed by atoms with E-state index in [0.29, 0.717) is 48.6 Å². The second-order valence-corrected chi connectivity index (χ2v) is 8.97. The summed E-state index contributed by atoms with van der Waals surface area (Å²) in [7, 11) is 1.59. The van der Waals surface area contributed by atoms with Gasteiger partial charge >= 0.3 is 0 Å². The second kappa shape index (κ2) is 12.7. The standard InChI is InChI=1S/C26H33ClN2O4/c1-33-22-14-10-19(11-15-22)24(30)6-2-3-7-25(31)28-23(18-29-16-4-5-17-29)26(32)20-8-12-21(27)13-9-20/h8-15,23,26,32H,2-7,16-18H2,1H3,(H,28,31). The molecule has 33 heavy (non-hydrogen) atoms. The molecule has 2 atom stereocenters. The minimum absolute atomic E-state index is 0.0585. The highest BCUT2D eigenvalue weighted by Crippen LogP contribution is 2.22. The first-order valence-electron chi connectivity index (χ1n) is 11.6. The molecule has 0 radical (unpaired) electrons. The van der Waals surface area contributed by atoms with E-state index in [4.69, 9.17) is 16.3 Å². The molecule has 7 heteroatoms. The maximum Gasteiger partial charge on any atom is 0.220 e. The maximum absolute atomic E-state index is 12.6. The number of likely N-dealkylation sites (tertiary alicyclic amines) is 1. The number of aliphatic hydroxyl groups excluding tert-OH is 1. The molecule has 0 spiro atoms. The summed E-state index contributed by atoms with van der Waals surface area (Å²) in [4.78, 5) is 27.3. The Bertz CT molecular complexity index is 896.